The van der Waals surface area contributed by atoms with Crippen molar-refractivity contribution in [1.82, 2.24) is 24.4 Å². The molecule has 0 aliphatic rings. The van der Waals surface area contributed by atoms with Crippen LogP contribution in [0.4, 0.5) is 17.1 Å². The molecule has 3 aromatic heterocycles. The van der Waals surface area contributed by atoms with Crippen LogP contribution in [0.25, 0.3) is 16.9 Å². The first-order valence-electron chi connectivity index (χ1n) is 9.83. The molecule has 0 saturated heterocycles. The molecule has 4 rings (SSSR count). The highest BCUT2D eigenvalue weighted by atomic mass is 16.6. The molecule has 0 aliphatic heterocycles. The first-order valence-corrected chi connectivity index (χ1v) is 9.83. The van der Waals surface area contributed by atoms with Crippen LogP contribution >= 0.6 is 0 Å². The molecular formula is C20H18N8O5. The van der Waals surface area contributed by atoms with Crippen LogP contribution in [0.3, 0.4) is 0 Å². The summed E-state index contributed by atoms with van der Waals surface area (Å²) in [5.41, 5.74) is 1.68. The van der Waals surface area contributed by atoms with Crippen LogP contribution in [0.1, 0.15) is 28.7 Å². The van der Waals surface area contributed by atoms with Crippen molar-refractivity contribution in [3.8, 4) is 11.3 Å². The maximum atomic E-state index is 12.8. The van der Waals surface area contributed by atoms with Crippen molar-refractivity contribution in [2.75, 3.05) is 5.32 Å². The van der Waals surface area contributed by atoms with Crippen LogP contribution in [0.15, 0.2) is 36.7 Å². The molecule has 0 bridgehead atoms. The van der Waals surface area contributed by atoms with Gasteiger partial charge in [-0.2, -0.15) is 10.2 Å². The number of amides is 1. The first kappa shape index (κ1) is 21.5. The Morgan fingerprint density at radius 2 is 1.79 bits per heavy atom. The average Bonchev–Trinajstić information content (AvgIpc) is 3.37. The summed E-state index contributed by atoms with van der Waals surface area (Å²) in [6, 6.07) is 5.35. The van der Waals surface area contributed by atoms with E-state index < -0.39 is 27.1 Å². The maximum absolute atomic E-state index is 12.8. The second-order valence-corrected chi connectivity index (χ2v) is 7.20. The standard InChI is InChI=1S/C20H18N8O5/c1-4-25-12(3)14(10-22-25)16-5-6-21-19-9-15(24-26(16)19)20(29)23-13-7-17(27(30)31)11(2)18(8-13)28(32)33/h5-10H,4H2,1-3H3,(H,23,29). The van der Waals surface area contributed by atoms with E-state index in [2.05, 4.69) is 20.5 Å². The van der Waals surface area contributed by atoms with Gasteiger partial charge >= 0.3 is 0 Å². The largest absolute Gasteiger partial charge is 0.320 e. The van der Waals surface area contributed by atoms with E-state index in [1.165, 1.54) is 17.5 Å². The number of benzene rings is 1. The van der Waals surface area contributed by atoms with Gasteiger partial charge in [-0.05, 0) is 26.8 Å². The Labute approximate surface area is 186 Å². The number of carbonyl (C=O) groups is 1. The topological polar surface area (TPSA) is 163 Å². The Morgan fingerprint density at radius 3 is 2.36 bits per heavy atom. The van der Waals surface area contributed by atoms with Gasteiger partial charge in [0.25, 0.3) is 17.3 Å². The molecule has 33 heavy (non-hydrogen) atoms. The summed E-state index contributed by atoms with van der Waals surface area (Å²) in [6.45, 7) is 5.87. The van der Waals surface area contributed by atoms with Gasteiger partial charge in [0.15, 0.2) is 11.3 Å². The highest BCUT2D eigenvalue weighted by Crippen LogP contribution is 2.32. The number of nitro benzene ring substituents is 2. The summed E-state index contributed by atoms with van der Waals surface area (Å²) in [5, 5.41) is 33.7. The van der Waals surface area contributed by atoms with Gasteiger partial charge in [0.1, 0.15) is 5.56 Å². The van der Waals surface area contributed by atoms with Gasteiger partial charge in [0, 0.05) is 42.2 Å². The summed E-state index contributed by atoms with van der Waals surface area (Å²) >= 11 is 0. The SMILES string of the molecule is CCn1ncc(-c2ccnc3cc(C(=O)Nc4cc([N+](=O)[O-])c(C)c([N+](=O)[O-])c4)nn23)c1C. The number of aryl methyl sites for hydroxylation is 1. The summed E-state index contributed by atoms with van der Waals surface area (Å²) < 4.78 is 3.33. The molecule has 1 N–H and O–H groups in total. The van der Waals surface area contributed by atoms with Crippen LogP contribution in [0.2, 0.25) is 0 Å². The van der Waals surface area contributed by atoms with Gasteiger partial charge in [-0.25, -0.2) is 9.50 Å². The quantitative estimate of drug-likeness (QED) is 0.345. The molecule has 0 saturated carbocycles. The molecule has 168 valence electrons. The average molecular weight is 450 g/mol. The Bertz CT molecular complexity index is 1400. The van der Waals surface area contributed by atoms with Crippen molar-refractivity contribution in [3.05, 3.63) is 73.8 Å². The van der Waals surface area contributed by atoms with E-state index in [0.29, 0.717) is 17.9 Å². The molecule has 0 unspecified atom stereocenters. The molecule has 0 fully saturated rings. The number of fused-ring (bicyclic) bond motifs is 1. The fourth-order valence-electron chi connectivity index (χ4n) is 3.56. The number of nitrogens with one attached hydrogen (secondary N) is 1. The molecule has 0 atom stereocenters. The van der Waals surface area contributed by atoms with Crippen molar-refractivity contribution < 1.29 is 14.6 Å². The third-order valence-corrected chi connectivity index (χ3v) is 5.27. The predicted molar refractivity (Wildman–Crippen MR) is 117 cm³/mol. The van der Waals surface area contributed by atoms with Crippen molar-refractivity contribution in [3.63, 3.8) is 0 Å². The lowest BCUT2D eigenvalue weighted by atomic mass is 10.1. The van der Waals surface area contributed by atoms with Crippen molar-refractivity contribution in [2.24, 2.45) is 0 Å². The van der Waals surface area contributed by atoms with Gasteiger partial charge in [-0.15, -0.1) is 0 Å². The van der Waals surface area contributed by atoms with Crippen LogP contribution < -0.4 is 5.32 Å². The minimum Gasteiger partial charge on any atom is -0.320 e. The lowest BCUT2D eigenvalue weighted by Gasteiger charge is -2.06. The molecular weight excluding hydrogens is 432 g/mol. The summed E-state index contributed by atoms with van der Waals surface area (Å²) in [4.78, 5) is 38.2. The minimum absolute atomic E-state index is 0.0126. The Balaban J connectivity index is 1.72. The molecule has 13 nitrogen and oxygen atoms in total. The third-order valence-electron chi connectivity index (χ3n) is 5.27. The van der Waals surface area contributed by atoms with E-state index in [9.17, 15) is 25.0 Å². The Morgan fingerprint density at radius 1 is 1.12 bits per heavy atom. The van der Waals surface area contributed by atoms with E-state index in [-0.39, 0.29) is 16.9 Å². The van der Waals surface area contributed by atoms with Gasteiger partial charge < -0.3 is 5.32 Å². The van der Waals surface area contributed by atoms with Crippen LogP contribution in [-0.2, 0) is 6.54 Å². The molecule has 0 spiro atoms. The third kappa shape index (κ3) is 3.75. The Hall–Kier alpha value is -4.68. The predicted octanol–water partition coefficient (Wildman–Crippen LogP) is 3.30. The number of nitrogens with zero attached hydrogens (tertiary/aromatic N) is 7. The molecule has 3 heterocycles. The number of anilines is 1. The maximum Gasteiger partial charge on any atom is 0.281 e. The molecule has 13 heteroatoms. The van der Waals surface area contributed by atoms with Gasteiger partial charge in [0.2, 0.25) is 0 Å². The zero-order chi connectivity index (χ0) is 23.9. The minimum atomic E-state index is -0.738. The van der Waals surface area contributed by atoms with Crippen LogP contribution in [0, 0.1) is 34.1 Å². The smallest absolute Gasteiger partial charge is 0.281 e. The summed E-state index contributed by atoms with van der Waals surface area (Å²) in [5.74, 6) is -0.695. The van der Waals surface area contributed by atoms with E-state index in [1.54, 1.807) is 18.5 Å². The molecule has 0 radical (unpaired) electrons. The molecule has 4 aromatic rings. The van der Waals surface area contributed by atoms with Crippen LogP contribution in [0.5, 0.6) is 0 Å². The van der Waals surface area contributed by atoms with Crippen LogP contribution in [-0.4, -0.2) is 40.1 Å². The second kappa shape index (κ2) is 8.11. The van der Waals surface area contributed by atoms with E-state index in [1.807, 2.05) is 18.5 Å². The monoisotopic (exact) mass is 450 g/mol. The number of rotatable bonds is 6. The molecule has 1 amide bonds. The lowest BCUT2D eigenvalue weighted by Crippen LogP contribution is -2.13. The number of hydrogen-bond acceptors (Lipinski definition) is 8. The second-order valence-electron chi connectivity index (χ2n) is 7.20. The Kier molecular flexibility index (Phi) is 5.29. The highest BCUT2D eigenvalue weighted by molar-refractivity contribution is 6.04. The lowest BCUT2D eigenvalue weighted by molar-refractivity contribution is -0.395. The first-order chi connectivity index (χ1) is 15.7. The number of hydrogen-bond donors (Lipinski definition) is 1. The van der Waals surface area contributed by atoms with E-state index >= 15 is 0 Å². The zero-order valence-electron chi connectivity index (χ0n) is 17.8. The number of nitro groups is 2. The molecule has 0 aliphatic carbocycles. The summed E-state index contributed by atoms with van der Waals surface area (Å²) in [7, 11) is 0. The van der Waals surface area contributed by atoms with E-state index in [4.69, 9.17) is 0 Å². The number of aromatic nitrogens is 5. The van der Waals surface area contributed by atoms with Gasteiger partial charge in [0.05, 0.1) is 27.4 Å². The van der Waals surface area contributed by atoms with Gasteiger partial charge in [-0.1, -0.05) is 0 Å². The normalized spacial score (nSPS) is 11.0. The summed E-state index contributed by atoms with van der Waals surface area (Å²) in [6.07, 6.45) is 3.29. The van der Waals surface area contributed by atoms with Crippen molar-refractivity contribution in [1.29, 1.82) is 0 Å². The van der Waals surface area contributed by atoms with E-state index in [0.717, 1.165) is 23.4 Å². The van der Waals surface area contributed by atoms with Gasteiger partial charge in [-0.3, -0.25) is 29.7 Å². The fourth-order valence-corrected chi connectivity index (χ4v) is 3.56. The fraction of sp³-hybridized carbons (Fsp3) is 0.200. The van der Waals surface area contributed by atoms with Crippen molar-refractivity contribution in [2.45, 2.75) is 27.3 Å². The molecule has 1 aromatic carbocycles. The zero-order valence-corrected chi connectivity index (χ0v) is 17.8. The highest BCUT2D eigenvalue weighted by Gasteiger charge is 2.24. The van der Waals surface area contributed by atoms with Crippen molar-refractivity contribution >= 4 is 28.6 Å². The number of carbonyl (C=O) groups excluding carboxylic acids is 1.